The van der Waals surface area contributed by atoms with Gasteiger partial charge in [-0.3, -0.25) is 0 Å². The number of fused-ring (bicyclic) bond motifs is 1. The molecule has 0 saturated heterocycles. The predicted molar refractivity (Wildman–Crippen MR) is 98.6 cm³/mol. The van der Waals surface area contributed by atoms with Crippen LogP contribution >= 0.6 is 0 Å². The fourth-order valence-electron chi connectivity index (χ4n) is 2.52. The van der Waals surface area contributed by atoms with Crippen LogP contribution in [0, 0.1) is 0 Å². The first-order chi connectivity index (χ1) is 12.8. The molecular formula is C18H18N6O2. The molecular weight excluding hydrogens is 332 g/mol. The fraction of sp³-hybridized carbons (Fsp3) is 0.167. The maximum atomic E-state index is 5.45. The van der Waals surface area contributed by atoms with Crippen molar-refractivity contribution in [3.05, 3.63) is 54.6 Å². The minimum Gasteiger partial charge on any atom is -0.467 e. The van der Waals surface area contributed by atoms with E-state index in [0.29, 0.717) is 25.0 Å². The number of nitrogens with one attached hydrogen (secondary N) is 3. The molecule has 8 nitrogen and oxygen atoms in total. The topological polar surface area (TPSA) is 101 Å². The lowest BCUT2D eigenvalue weighted by atomic mass is 10.2. The van der Waals surface area contributed by atoms with Crippen LogP contribution in [0.1, 0.15) is 12.7 Å². The Balaban J connectivity index is 1.56. The molecule has 0 amide bonds. The summed E-state index contributed by atoms with van der Waals surface area (Å²) in [5.74, 6) is 1.60. The minimum atomic E-state index is 0.259. The SMILES string of the molecule is CCOc1nc(NCc2ccco2)nc(Nc2ccc3[nH]ccc3c2)n1. The number of ether oxygens (including phenoxy) is 1. The van der Waals surface area contributed by atoms with E-state index in [1.807, 2.05) is 49.5 Å². The van der Waals surface area contributed by atoms with Crippen molar-refractivity contribution in [1.82, 2.24) is 19.9 Å². The lowest BCUT2D eigenvalue weighted by Gasteiger charge is -2.10. The van der Waals surface area contributed by atoms with Gasteiger partial charge in [-0.15, -0.1) is 0 Å². The average molecular weight is 350 g/mol. The number of furan rings is 1. The average Bonchev–Trinajstić information content (AvgIpc) is 3.31. The van der Waals surface area contributed by atoms with E-state index < -0.39 is 0 Å². The number of H-pyrrole nitrogens is 1. The zero-order valence-corrected chi connectivity index (χ0v) is 14.2. The van der Waals surface area contributed by atoms with Gasteiger partial charge in [0.2, 0.25) is 11.9 Å². The Morgan fingerprint density at radius 2 is 2.04 bits per heavy atom. The number of benzene rings is 1. The molecule has 8 heteroatoms. The van der Waals surface area contributed by atoms with Crippen LogP contribution in [0.15, 0.2) is 53.3 Å². The van der Waals surface area contributed by atoms with Crippen LogP contribution in [-0.4, -0.2) is 26.5 Å². The van der Waals surface area contributed by atoms with E-state index in [1.54, 1.807) is 6.26 Å². The molecule has 0 fully saturated rings. The summed E-state index contributed by atoms with van der Waals surface area (Å²) in [5, 5.41) is 7.42. The molecule has 0 aliphatic heterocycles. The maximum Gasteiger partial charge on any atom is 0.323 e. The molecule has 3 N–H and O–H groups in total. The first-order valence-electron chi connectivity index (χ1n) is 8.29. The molecule has 3 aromatic heterocycles. The number of hydrogen-bond acceptors (Lipinski definition) is 7. The molecule has 4 rings (SSSR count). The normalized spacial score (nSPS) is 10.8. The number of anilines is 3. The van der Waals surface area contributed by atoms with E-state index in [9.17, 15) is 0 Å². The summed E-state index contributed by atoms with van der Waals surface area (Å²) >= 11 is 0. The smallest absolute Gasteiger partial charge is 0.323 e. The van der Waals surface area contributed by atoms with E-state index in [4.69, 9.17) is 9.15 Å². The molecule has 0 radical (unpaired) electrons. The molecule has 1 aromatic carbocycles. The first kappa shape index (κ1) is 15.9. The van der Waals surface area contributed by atoms with Crippen LogP contribution in [0.25, 0.3) is 10.9 Å². The van der Waals surface area contributed by atoms with Crippen LogP contribution < -0.4 is 15.4 Å². The summed E-state index contributed by atoms with van der Waals surface area (Å²) in [6.45, 7) is 2.82. The molecule has 132 valence electrons. The van der Waals surface area contributed by atoms with Gasteiger partial charge in [-0.2, -0.15) is 15.0 Å². The standard InChI is InChI=1S/C18H18N6O2/c1-2-25-18-23-16(20-11-14-4-3-9-26-14)22-17(24-18)21-13-5-6-15-12(10-13)7-8-19-15/h3-10,19H,2,11H2,1H3,(H2,20,21,22,23,24). The molecule has 4 aromatic rings. The molecule has 0 bridgehead atoms. The van der Waals surface area contributed by atoms with Gasteiger partial charge in [-0.25, -0.2) is 0 Å². The Hall–Kier alpha value is -3.55. The Kier molecular flexibility index (Phi) is 4.38. The molecule has 26 heavy (non-hydrogen) atoms. The Morgan fingerprint density at radius 3 is 2.88 bits per heavy atom. The highest BCUT2D eigenvalue weighted by Crippen LogP contribution is 2.21. The largest absolute Gasteiger partial charge is 0.467 e. The third-order valence-corrected chi connectivity index (χ3v) is 3.70. The third kappa shape index (κ3) is 3.59. The summed E-state index contributed by atoms with van der Waals surface area (Å²) in [6.07, 6.45) is 3.53. The molecule has 3 heterocycles. The van der Waals surface area contributed by atoms with Crippen molar-refractivity contribution in [3.8, 4) is 6.01 Å². The third-order valence-electron chi connectivity index (χ3n) is 3.70. The zero-order valence-electron chi connectivity index (χ0n) is 14.2. The van der Waals surface area contributed by atoms with Gasteiger partial charge in [-0.05, 0) is 43.3 Å². The van der Waals surface area contributed by atoms with Gasteiger partial charge in [0.05, 0.1) is 19.4 Å². The quantitative estimate of drug-likeness (QED) is 0.467. The van der Waals surface area contributed by atoms with Crippen molar-refractivity contribution in [2.75, 3.05) is 17.2 Å². The van der Waals surface area contributed by atoms with Gasteiger partial charge in [0, 0.05) is 22.8 Å². The van der Waals surface area contributed by atoms with Gasteiger partial charge in [0.1, 0.15) is 5.76 Å². The van der Waals surface area contributed by atoms with E-state index in [-0.39, 0.29) is 6.01 Å². The molecule has 0 unspecified atom stereocenters. The lowest BCUT2D eigenvalue weighted by Crippen LogP contribution is -2.09. The van der Waals surface area contributed by atoms with Gasteiger partial charge in [0.25, 0.3) is 0 Å². The zero-order chi connectivity index (χ0) is 17.8. The fourth-order valence-corrected chi connectivity index (χ4v) is 2.52. The van der Waals surface area contributed by atoms with Gasteiger partial charge in [-0.1, -0.05) is 0 Å². The number of aromatic nitrogens is 4. The van der Waals surface area contributed by atoms with Crippen molar-refractivity contribution >= 4 is 28.5 Å². The van der Waals surface area contributed by atoms with E-state index in [1.165, 1.54) is 0 Å². The predicted octanol–water partition coefficient (Wildman–Crippen LogP) is 3.70. The van der Waals surface area contributed by atoms with Gasteiger partial charge in [0.15, 0.2) is 0 Å². The highest BCUT2D eigenvalue weighted by molar-refractivity contribution is 5.83. The summed E-state index contributed by atoms with van der Waals surface area (Å²) in [5.41, 5.74) is 1.95. The number of rotatable bonds is 7. The second-order valence-electron chi connectivity index (χ2n) is 5.54. The monoisotopic (exact) mass is 350 g/mol. The molecule has 0 aliphatic rings. The summed E-state index contributed by atoms with van der Waals surface area (Å²) in [4.78, 5) is 16.1. The second-order valence-corrected chi connectivity index (χ2v) is 5.54. The van der Waals surface area contributed by atoms with Gasteiger partial charge >= 0.3 is 6.01 Å². The minimum absolute atomic E-state index is 0.259. The summed E-state index contributed by atoms with van der Waals surface area (Å²) in [6, 6.07) is 12.0. The Morgan fingerprint density at radius 1 is 1.12 bits per heavy atom. The summed E-state index contributed by atoms with van der Waals surface area (Å²) < 4.78 is 10.8. The number of hydrogen-bond donors (Lipinski definition) is 3. The molecule has 0 spiro atoms. The van der Waals surface area contributed by atoms with E-state index in [2.05, 4.69) is 30.6 Å². The Labute approximate surface area is 149 Å². The van der Waals surface area contributed by atoms with E-state index >= 15 is 0 Å². The molecule has 0 atom stereocenters. The van der Waals surface area contributed by atoms with E-state index in [0.717, 1.165) is 22.4 Å². The van der Waals surface area contributed by atoms with Gasteiger partial charge < -0.3 is 24.8 Å². The highest BCUT2D eigenvalue weighted by Gasteiger charge is 2.09. The van der Waals surface area contributed by atoms with Crippen LogP contribution in [0.2, 0.25) is 0 Å². The summed E-state index contributed by atoms with van der Waals surface area (Å²) in [7, 11) is 0. The number of aromatic amines is 1. The van der Waals surface area contributed by atoms with Crippen LogP contribution in [0.5, 0.6) is 6.01 Å². The maximum absolute atomic E-state index is 5.45. The second kappa shape index (κ2) is 7.14. The van der Waals surface area contributed by atoms with Crippen molar-refractivity contribution in [3.63, 3.8) is 0 Å². The van der Waals surface area contributed by atoms with Crippen molar-refractivity contribution in [1.29, 1.82) is 0 Å². The number of nitrogens with zero attached hydrogens (tertiary/aromatic N) is 3. The van der Waals surface area contributed by atoms with Crippen molar-refractivity contribution in [2.24, 2.45) is 0 Å². The first-order valence-corrected chi connectivity index (χ1v) is 8.29. The van der Waals surface area contributed by atoms with Crippen LogP contribution in [0.4, 0.5) is 17.6 Å². The lowest BCUT2D eigenvalue weighted by molar-refractivity contribution is 0.312. The highest BCUT2D eigenvalue weighted by atomic mass is 16.5. The van der Waals surface area contributed by atoms with Crippen molar-refractivity contribution in [2.45, 2.75) is 13.5 Å². The Bertz CT molecular complexity index is 996. The van der Waals surface area contributed by atoms with Crippen LogP contribution in [-0.2, 0) is 6.54 Å². The molecule has 0 aliphatic carbocycles. The van der Waals surface area contributed by atoms with Crippen molar-refractivity contribution < 1.29 is 9.15 Å². The molecule has 0 saturated carbocycles. The van der Waals surface area contributed by atoms with Crippen LogP contribution in [0.3, 0.4) is 0 Å².